The van der Waals surface area contributed by atoms with Crippen LogP contribution in [0.5, 0.6) is 5.75 Å². The highest BCUT2D eigenvalue weighted by atomic mass is 32.2. The molecule has 14 heteroatoms. The van der Waals surface area contributed by atoms with Crippen LogP contribution >= 0.6 is 0 Å². The molecule has 2 aliphatic rings. The molecule has 0 spiro atoms. The summed E-state index contributed by atoms with van der Waals surface area (Å²) in [5.41, 5.74) is 0.0464. The molecule has 2 aliphatic heterocycles. The van der Waals surface area contributed by atoms with Crippen molar-refractivity contribution in [1.29, 1.82) is 0 Å². The van der Waals surface area contributed by atoms with E-state index in [2.05, 4.69) is 19.2 Å². The number of anilines is 1. The number of hydrogen-bond acceptors (Lipinski definition) is 7. The monoisotopic (exact) mass is 460 g/mol. The van der Waals surface area contributed by atoms with Gasteiger partial charge >= 0.3 is 12.7 Å². The lowest BCUT2D eigenvalue weighted by Gasteiger charge is -2.40. The van der Waals surface area contributed by atoms with E-state index in [9.17, 15) is 26.8 Å². The van der Waals surface area contributed by atoms with Crippen LogP contribution in [0.3, 0.4) is 0 Å². The van der Waals surface area contributed by atoms with Gasteiger partial charge in [-0.25, -0.2) is 4.79 Å². The minimum atomic E-state index is -4.60. The van der Waals surface area contributed by atoms with Gasteiger partial charge in [-0.1, -0.05) is 12.1 Å². The molecule has 1 unspecified atom stereocenters. The number of aryl methyl sites for hydroxylation is 1. The van der Waals surface area contributed by atoms with Gasteiger partial charge in [0.05, 0.1) is 33.0 Å². The first-order valence-corrected chi connectivity index (χ1v) is 10.3. The topological polar surface area (TPSA) is 118 Å². The number of methoxy groups -OCH3 is 1. The summed E-state index contributed by atoms with van der Waals surface area (Å²) >= 11 is 0. The molecule has 0 fully saturated rings. The van der Waals surface area contributed by atoms with Gasteiger partial charge in [0.15, 0.2) is 6.67 Å². The number of fused-ring (bicyclic) bond motifs is 1. The molecular formula is C17H20F2N5O6S+. The quantitative estimate of drug-likeness (QED) is 0.679. The van der Waals surface area contributed by atoms with Crippen molar-refractivity contribution in [3.8, 4) is 5.75 Å². The molecule has 0 radical (unpaired) electrons. The molecule has 11 nitrogen and oxygen atoms in total. The summed E-state index contributed by atoms with van der Waals surface area (Å²) in [6.07, 6.45) is 0.104. The Kier molecular flexibility index (Phi) is 5.62. The first-order valence-electron chi connectivity index (χ1n) is 8.78. The summed E-state index contributed by atoms with van der Waals surface area (Å²) in [6, 6.07) is 4.06. The average molecular weight is 460 g/mol. The first-order chi connectivity index (χ1) is 14.4. The fourth-order valence-electron chi connectivity index (χ4n) is 3.11. The number of hydrogen-bond donors (Lipinski definition) is 1. The number of benzene rings is 1. The number of rotatable bonds is 4. The first kappa shape index (κ1) is 22.4. The van der Waals surface area contributed by atoms with Gasteiger partial charge in [-0.3, -0.25) is 9.52 Å². The van der Waals surface area contributed by atoms with E-state index in [1.165, 1.54) is 37.2 Å². The number of carbonyl (C=O) groups is 2. The van der Waals surface area contributed by atoms with Crippen molar-refractivity contribution in [3.05, 3.63) is 35.7 Å². The second-order valence-electron chi connectivity index (χ2n) is 6.87. The predicted octanol–water partition coefficient (Wildman–Crippen LogP) is 1.41. The van der Waals surface area contributed by atoms with Gasteiger partial charge < -0.3 is 9.47 Å². The number of likely N-dealkylation sites (N-methyl/N-ethyl adjacent to an activating group) is 1. The van der Waals surface area contributed by atoms with Crippen LogP contribution < -0.4 is 9.46 Å². The van der Waals surface area contributed by atoms with Gasteiger partial charge in [0, 0.05) is 0 Å². The Morgan fingerprint density at radius 2 is 2.03 bits per heavy atom. The number of halogens is 2. The Hall–Kier alpha value is -3.26. The van der Waals surface area contributed by atoms with E-state index in [4.69, 9.17) is 0 Å². The third kappa shape index (κ3) is 3.90. The Balaban J connectivity index is 2.09. The number of quaternary nitrogens is 1. The zero-order valence-electron chi connectivity index (χ0n) is 17.0. The van der Waals surface area contributed by atoms with Crippen LogP contribution in [-0.2, 0) is 19.6 Å². The van der Waals surface area contributed by atoms with E-state index < -0.39 is 39.6 Å². The number of ether oxygens (including phenoxy) is 2. The number of amidine groups is 1. The maximum absolute atomic E-state index is 13.2. The molecule has 0 aliphatic carbocycles. The SMILES string of the molecule is COC(=O)N1C[N+]2(C)C(=CC(=O)N2C)N=C1S(=O)(=O)Nc1c(C)cccc1OC(F)F. The number of para-hydroxylation sites is 1. The molecule has 1 aromatic carbocycles. The number of nitrogens with one attached hydrogen (secondary N) is 1. The summed E-state index contributed by atoms with van der Waals surface area (Å²) < 4.78 is 62.8. The van der Waals surface area contributed by atoms with Crippen LogP contribution in [-0.4, -0.2) is 74.6 Å². The number of sulfonamides is 1. The third-order valence-corrected chi connectivity index (χ3v) is 6.17. The molecule has 3 rings (SSSR count). The number of aliphatic imine (C=N–C) groups is 1. The van der Waals surface area contributed by atoms with E-state index in [1.807, 2.05) is 0 Å². The lowest BCUT2D eigenvalue weighted by atomic mass is 10.2. The molecule has 0 saturated carbocycles. The second-order valence-corrected chi connectivity index (χ2v) is 8.45. The van der Waals surface area contributed by atoms with Crippen molar-refractivity contribution in [2.75, 3.05) is 32.6 Å². The third-order valence-electron chi connectivity index (χ3n) is 4.91. The Morgan fingerprint density at radius 3 is 2.65 bits per heavy atom. The summed E-state index contributed by atoms with van der Waals surface area (Å²) in [6.45, 7) is -2.01. The molecule has 0 aromatic heterocycles. The van der Waals surface area contributed by atoms with Gasteiger partial charge in [0.25, 0.3) is 26.9 Å². The summed E-state index contributed by atoms with van der Waals surface area (Å²) in [4.78, 5) is 29.2. The van der Waals surface area contributed by atoms with Gasteiger partial charge in [-0.2, -0.15) is 36.7 Å². The van der Waals surface area contributed by atoms with Crippen LogP contribution in [0.15, 0.2) is 35.1 Å². The van der Waals surface area contributed by atoms with E-state index in [0.29, 0.717) is 5.56 Å². The highest BCUT2D eigenvalue weighted by molar-refractivity contribution is 8.07. The van der Waals surface area contributed by atoms with Crippen molar-refractivity contribution in [2.24, 2.45) is 4.99 Å². The molecule has 168 valence electrons. The Morgan fingerprint density at radius 1 is 1.35 bits per heavy atom. The van der Waals surface area contributed by atoms with Gasteiger partial charge in [0.1, 0.15) is 5.75 Å². The zero-order valence-corrected chi connectivity index (χ0v) is 17.8. The number of carbonyl (C=O) groups excluding carboxylic acids is 2. The molecule has 1 aromatic rings. The summed E-state index contributed by atoms with van der Waals surface area (Å²) in [5.74, 6) is -0.777. The van der Waals surface area contributed by atoms with Crippen LogP contribution in [0, 0.1) is 6.92 Å². The standard InChI is InChI=1S/C17H20F2N5O6S/c1-10-6-5-7-11(30-15(18)19)14(10)21-31(27,28)16-20-12-8-13(25)22(2)24(12,3)9-23(16)17(26)29-4/h5-8,15,21H,9H2,1-4H3/q+1. The largest absolute Gasteiger partial charge is 0.452 e. The molecule has 0 bridgehead atoms. The minimum Gasteiger partial charge on any atom is -0.452 e. The van der Waals surface area contributed by atoms with Crippen molar-refractivity contribution in [3.63, 3.8) is 0 Å². The molecule has 1 atom stereocenters. The van der Waals surface area contributed by atoms with E-state index in [0.717, 1.165) is 18.1 Å². The fraction of sp³-hybridized carbons (Fsp3) is 0.353. The fourth-order valence-corrected chi connectivity index (χ4v) is 4.37. The maximum Gasteiger partial charge on any atom is 0.420 e. The van der Waals surface area contributed by atoms with Crippen LogP contribution in [0.25, 0.3) is 0 Å². The lowest BCUT2D eigenvalue weighted by molar-refractivity contribution is -0.974. The highest BCUT2D eigenvalue weighted by Crippen LogP contribution is 2.34. The lowest BCUT2D eigenvalue weighted by Crippen LogP contribution is -2.63. The molecule has 2 heterocycles. The van der Waals surface area contributed by atoms with Crippen LogP contribution in [0.1, 0.15) is 5.56 Å². The van der Waals surface area contributed by atoms with Crippen LogP contribution in [0.4, 0.5) is 19.3 Å². The van der Waals surface area contributed by atoms with Gasteiger partial charge in [-0.15, -0.1) is 0 Å². The minimum absolute atomic E-state index is 0.0712. The maximum atomic E-state index is 13.2. The summed E-state index contributed by atoms with van der Waals surface area (Å²) in [7, 11) is -0.520. The molecule has 0 saturated heterocycles. The number of alkyl halides is 2. The van der Waals surface area contributed by atoms with E-state index in [1.54, 1.807) is 7.05 Å². The smallest absolute Gasteiger partial charge is 0.420 e. The molecule has 1 N–H and O–H groups in total. The number of amides is 2. The normalized spacial score (nSPS) is 20.9. The summed E-state index contributed by atoms with van der Waals surface area (Å²) in [5, 5.41) is 0.511. The van der Waals surface area contributed by atoms with Crippen LogP contribution in [0.2, 0.25) is 0 Å². The molecule has 31 heavy (non-hydrogen) atoms. The second kappa shape index (κ2) is 7.77. The average Bonchev–Trinajstić information content (AvgIpc) is 2.91. The molecular weight excluding hydrogens is 440 g/mol. The van der Waals surface area contributed by atoms with Gasteiger partial charge in [-0.05, 0) is 18.6 Å². The highest BCUT2D eigenvalue weighted by Gasteiger charge is 2.52. The zero-order chi connectivity index (χ0) is 23.1. The van der Waals surface area contributed by atoms with E-state index in [-0.39, 0.29) is 22.8 Å². The Bertz CT molecular complexity index is 1110. The van der Waals surface area contributed by atoms with E-state index >= 15 is 0 Å². The van der Waals surface area contributed by atoms with Crippen molar-refractivity contribution < 1.29 is 40.9 Å². The predicted molar refractivity (Wildman–Crippen MR) is 104 cm³/mol. The van der Waals surface area contributed by atoms with Crippen molar-refractivity contribution in [1.82, 2.24) is 9.91 Å². The van der Waals surface area contributed by atoms with Gasteiger partial charge in [0.2, 0.25) is 0 Å². The molecule has 2 amide bonds. The van der Waals surface area contributed by atoms with Crippen molar-refractivity contribution >= 4 is 32.9 Å². The number of nitrogens with zero attached hydrogens (tertiary/aromatic N) is 4. The Labute approximate surface area is 176 Å². The van der Waals surface area contributed by atoms with Crippen molar-refractivity contribution in [2.45, 2.75) is 13.5 Å².